The highest BCUT2D eigenvalue weighted by atomic mass is 32.1. The summed E-state index contributed by atoms with van der Waals surface area (Å²) < 4.78 is 35.9. The van der Waals surface area contributed by atoms with Gasteiger partial charge in [0, 0.05) is 13.0 Å². The lowest BCUT2D eigenvalue weighted by atomic mass is 10.2. The first-order valence-corrected chi connectivity index (χ1v) is 6.58. The topological polar surface area (TPSA) is 20.3 Å². The van der Waals surface area contributed by atoms with Crippen LogP contribution in [0.5, 0.6) is 0 Å². The van der Waals surface area contributed by atoms with Crippen LogP contribution >= 0.6 is 11.3 Å². The fraction of sp³-hybridized carbons (Fsp3) is 0.583. The lowest BCUT2D eigenvalue weighted by Gasteiger charge is -2.17. The fourth-order valence-corrected chi connectivity index (χ4v) is 2.19. The highest BCUT2D eigenvalue weighted by Gasteiger charge is 2.26. The van der Waals surface area contributed by atoms with Crippen LogP contribution in [0.15, 0.2) is 17.5 Å². The summed E-state index contributed by atoms with van der Waals surface area (Å²) in [5.41, 5.74) is 0. The zero-order valence-electron chi connectivity index (χ0n) is 10.2. The number of thiophene rings is 1. The highest BCUT2D eigenvalue weighted by Crippen LogP contribution is 2.19. The van der Waals surface area contributed by atoms with Gasteiger partial charge in [0.25, 0.3) is 0 Å². The maximum Gasteiger partial charge on any atom is 0.390 e. The average Bonchev–Trinajstić information content (AvgIpc) is 2.78. The Hall–Kier alpha value is -0.880. The molecule has 0 saturated carbocycles. The number of hydrogen-bond acceptors (Lipinski definition) is 3. The second kappa shape index (κ2) is 6.89. The largest absolute Gasteiger partial charge is 0.390 e. The number of Topliss-reactive ketones (excluding diaryl/α,β-unsaturated/α-hetero) is 1. The van der Waals surface area contributed by atoms with E-state index in [4.69, 9.17) is 0 Å². The van der Waals surface area contributed by atoms with Gasteiger partial charge in [0.15, 0.2) is 5.78 Å². The molecular weight excluding hydrogens is 263 g/mol. The quantitative estimate of drug-likeness (QED) is 0.711. The van der Waals surface area contributed by atoms with Gasteiger partial charge in [-0.05, 0) is 31.5 Å². The van der Waals surface area contributed by atoms with Crippen molar-refractivity contribution >= 4 is 17.1 Å². The van der Waals surface area contributed by atoms with Gasteiger partial charge in [-0.3, -0.25) is 4.79 Å². The van der Waals surface area contributed by atoms with E-state index in [1.165, 1.54) is 11.3 Å². The molecule has 0 unspecified atom stereocenters. The van der Waals surface area contributed by atoms with Gasteiger partial charge in [-0.15, -0.1) is 11.3 Å². The molecule has 0 aromatic carbocycles. The van der Waals surface area contributed by atoms with Crippen molar-refractivity contribution in [2.75, 3.05) is 20.1 Å². The zero-order chi connectivity index (χ0) is 13.6. The van der Waals surface area contributed by atoms with Gasteiger partial charge in [0.2, 0.25) is 0 Å². The number of rotatable bonds is 7. The van der Waals surface area contributed by atoms with E-state index in [1.807, 2.05) is 11.4 Å². The molecule has 1 aromatic rings. The van der Waals surface area contributed by atoms with E-state index in [0.29, 0.717) is 24.3 Å². The van der Waals surface area contributed by atoms with Gasteiger partial charge in [-0.1, -0.05) is 6.07 Å². The van der Waals surface area contributed by atoms with E-state index in [9.17, 15) is 18.0 Å². The van der Waals surface area contributed by atoms with Gasteiger partial charge >= 0.3 is 6.18 Å². The molecule has 18 heavy (non-hydrogen) atoms. The molecule has 2 nitrogen and oxygen atoms in total. The number of carbonyl (C=O) groups excluding carboxylic acids is 1. The van der Waals surface area contributed by atoms with Gasteiger partial charge in [-0.25, -0.2) is 0 Å². The van der Waals surface area contributed by atoms with Crippen molar-refractivity contribution in [3.63, 3.8) is 0 Å². The number of halogens is 3. The van der Waals surface area contributed by atoms with Crippen molar-refractivity contribution in [2.45, 2.75) is 25.4 Å². The van der Waals surface area contributed by atoms with Gasteiger partial charge in [0.05, 0.1) is 11.3 Å². The van der Waals surface area contributed by atoms with E-state index in [1.54, 1.807) is 18.0 Å². The second-order valence-corrected chi connectivity index (χ2v) is 5.12. The van der Waals surface area contributed by atoms with Crippen LogP contribution in [0.3, 0.4) is 0 Å². The smallest absolute Gasteiger partial charge is 0.306 e. The van der Waals surface area contributed by atoms with Crippen molar-refractivity contribution in [1.29, 1.82) is 0 Å². The van der Waals surface area contributed by atoms with Gasteiger partial charge in [0.1, 0.15) is 0 Å². The number of carbonyl (C=O) groups is 1. The predicted molar refractivity (Wildman–Crippen MR) is 66.1 cm³/mol. The number of nitrogens with zero attached hydrogens (tertiary/aromatic N) is 1. The zero-order valence-corrected chi connectivity index (χ0v) is 11.0. The minimum Gasteiger partial charge on any atom is -0.306 e. The fourth-order valence-electron chi connectivity index (χ4n) is 1.50. The third kappa shape index (κ3) is 6.16. The summed E-state index contributed by atoms with van der Waals surface area (Å²) >= 11 is 1.39. The van der Waals surface area contributed by atoms with Crippen LogP contribution in [0.1, 0.15) is 28.9 Å². The Morgan fingerprint density at radius 3 is 2.67 bits per heavy atom. The van der Waals surface area contributed by atoms with E-state index in [0.717, 1.165) is 0 Å². The van der Waals surface area contributed by atoms with Crippen molar-refractivity contribution in [3.8, 4) is 0 Å². The summed E-state index contributed by atoms with van der Waals surface area (Å²) in [5, 5.41) is 1.84. The molecule has 102 valence electrons. The number of ketones is 1. The molecule has 0 fully saturated rings. The molecule has 1 aromatic heterocycles. The standard InChI is InChI=1S/C12H16F3NOS/c1-16(8-6-12(13,14)15)7-2-4-10(17)11-5-3-9-18-11/h3,5,9H,2,4,6-8H2,1H3. The molecule has 0 aliphatic heterocycles. The highest BCUT2D eigenvalue weighted by molar-refractivity contribution is 7.12. The molecule has 0 aliphatic rings. The minimum absolute atomic E-state index is 0.0172. The van der Waals surface area contributed by atoms with Crippen LogP contribution in [0.25, 0.3) is 0 Å². The molecule has 0 bridgehead atoms. The summed E-state index contributed by atoms with van der Waals surface area (Å²) in [6.45, 7) is 0.490. The first kappa shape index (κ1) is 15.2. The van der Waals surface area contributed by atoms with Crippen molar-refractivity contribution < 1.29 is 18.0 Å². The Labute approximate surface area is 108 Å². The van der Waals surface area contributed by atoms with Crippen LogP contribution in [0, 0.1) is 0 Å². The van der Waals surface area contributed by atoms with E-state index < -0.39 is 12.6 Å². The van der Waals surface area contributed by atoms with E-state index >= 15 is 0 Å². The normalized spacial score (nSPS) is 12.1. The molecule has 0 amide bonds. The first-order valence-electron chi connectivity index (χ1n) is 5.70. The molecule has 0 aliphatic carbocycles. The Kier molecular flexibility index (Phi) is 5.81. The molecule has 0 N–H and O–H groups in total. The van der Waals surface area contributed by atoms with Crippen LogP contribution < -0.4 is 0 Å². The number of hydrogen-bond donors (Lipinski definition) is 0. The molecule has 0 spiro atoms. The monoisotopic (exact) mass is 279 g/mol. The lowest BCUT2D eigenvalue weighted by molar-refractivity contribution is -0.137. The summed E-state index contributed by atoms with van der Waals surface area (Å²) in [7, 11) is 1.64. The summed E-state index contributed by atoms with van der Waals surface area (Å²) in [5.74, 6) is 0.0641. The molecular formula is C12H16F3NOS. The number of alkyl halides is 3. The van der Waals surface area contributed by atoms with E-state index in [2.05, 4.69) is 0 Å². The molecule has 1 rings (SSSR count). The lowest BCUT2D eigenvalue weighted by Crippen LogP contribution is -2.25. The third-order valence-corrected chi connectivity index (χ3v) is 3.43. The summed E-state index contributed by atoms with van der Waals surface area (Å²) in [6.07, 6.45) is -3.94. The molecule has 0 atom stereocenters. The second-order valence-electron chi connectivity index (χ2n) is 4.17. The average molecular weight is 279 g/mol. The maximum atomic E-state index is 12.0. The van der Waals surface area contributed by atoms with Gasteiger partial charge in [-0.2, -0.15) is 13.2 Å². The predicted octanol–water partition coefficient (Wildman–Crippen LogP) is 3.60. The Balaban J connectivity index is 2.16. The van der Waals surface area contributed by atoms with Crippen molar-refractivity contribution in [3.05, 3.63) is 22.4 Å². The van der Waals surface area contributed by atoms with Crippen LogP contribution in [0.2, 0.25) is 0 Å². The molecule has 0 radical (unpaired) electrons. The Bertz CT molecular complexity index is 362. The Morgan fingerprint density at radius 1 is 1.39 bits per heavy atom. The van der Waals surface area contributed by atoms with Crippen molar-refractivity contribution in [2.24, 2.45) is 0 Å². The molecule has 0 saturated heterocycles. The minimum atomic E-state index is -4.11. The molecule has 1 heterocycles. The molecule has 6 heteroatoms. The van der Waals surface area contributed by atoms with Gasteiger partial charge < -0.3 is 4.90 Å². The maximum absolute atomic E-state index is 12.0. The van der Waals surface area contributed by atoms with Crippen LogP contribution in [-0.2, 0) is 0 Å². The first-order chi connectivity index (χ1) is 8.38. The van der Waals surface area contributed by atoms with Crippen molar-refractivity contribution in [1.82, 2.24) is 4.90 Å². The Morgan fingerprint density at radius 2 is 2.11 bits per heavy atom. The van der Waals surface area contributed by atoms with E-state index in [-0.39, 0.29) is 12.3 Å². The third-order valence-electron chi connectivity index (χ3n) is 2.52. The summed E-state index contributed by atoms with van der Waals surface area (Å²) in [4.78, 5) is 13.9. The summed E-state index contributed by atoms with van der Waals surface area (Å²) in [6, 6.07) is 3.58. The van der Waals surface area contributed by atoms with Crippen LogP contribution in [-0.4, -0.2) is 37.0 Å². The SMILES string of the molecule is CN(CCCC(=O)c1cccs1)CCC(F)(F)F. The van der Waals surface area contributed by atoms with Crippen LogP contribution in [0.4, 0.5) is 13.2 Å².